The van der Waals surface area contributed by atoms with Gasteiger partial charge in [-0.15, -0.1) is 0 Å². The van der Waals surface area contributed by atoms with Crippen LogP contribution in [0.4, 0.5) is 0 Å². The number of aromatic amines is 1. The third-order valence-electron chi connectivity index (χ3n) is 5.06. The molecule has 1 saturated heterocycles. The van der Waals surface area contributed by atoms with Crippen LogP contribution < -0.4 is 16.0 Å². The predicted octanol–water partition coefficient (Wildman–Crippen LogP) is 0.587. The van der Waals surface area contributed by atoms with E-state index in [9.17, 15) is 23.9 Å². The Morgan fingerprint density at radius 2 is 2.04 bits per heavy atom. The number of hydrogen-bond acceptors (Lipinski definition) is 4. The molecule has 3 rings (SSSR count). The van der Waals surface area contributed by atoms with Crippen LogP contribution >= 0.6 is 7.60 Å². The van der Waals surface area contributed by atoms with E-state index in [4.69, 9.17) is 0 Å². The molecule has 1 aromatic carbocycles. The number of benzene rings is 1. The van der Waals surface area contributed by atoms with Crippen LogP contribution in [0.2, 0.25) is 0 Å². The fourth-order valence-electron chi connectivity index (χ4n) is 3.56. The van der Waals surface area contributed by atoms with Crippen molar-refractivity contribution in [1.29, 1.82) is 0 Å². The smallest absolute Gasteiger partial charge is 0.342 e. The molecule has 1 fully saturated rings. The van der Waals surface area contributed by atoms with Crippen molar-refractivity contribution < 1.29 is 23.9 Å². The molecule has 28 heavy (non-hydrogen) atoms. The van der Waals surface area contributed by atoms with E-state index in [0.29, 0.717) is 25.7 Å². The monoisotopic (exact) mass is 408 g/mol. The molecule has 0 saturated carbocycles. The maximum atomic E-state index is 12.7. The van der Waals surface area contributed by atoms with Crippen LogP contribution in [0.15, 0.2) is 30.5 Å². The molecular weight excluding hydrogens is 383 g/mol. The first-order chi connectivity index (χ1) is 13.3. The summed E-state index contributed by atoms with van der Waals surface area (Å²) in [4.78, 5) is 46.9. The van der Waals surface area contributed by atoms with E-state index in [1.54, 1.807) is 0 Å². The van der Waals surface area contributed by atoms with Crippen LogP contribution in [0.1, 0.15) is 24.8 Å². The summed E-state index contributed by atoms with van der Waals surface area (Å²) < 4.78 is 11.5. The number of aromatic nitrogens is 1. The molecule has 2 aromatic rings. The van der Waals surface area contributed by atoms with E-state index < -0.39 is 31.4 Å². The number of carbonyl (C=O) groups excluding carboxylic acids is 2. The molecule has 152 valence electrons. The quantitative estimate of drug-likeness (QED) is 0.386. The molecule has 3 atom stereocenters. The van der Waals surface area contributed by atoms with Crippen molar-refractivity contribution in [1.82, 2.24) is 20.9 Å². The number of nitrogens with one attached hydrogen (secondary N) is 4. The number of H-pyrrole nitrogens is 1. The Balaban J connectivity index is 1.73. The van der Waals surface area contributed by atoms with Gasteiger partial charge >= 0.3 is 7.60 Å². The molecule has 2 amide bonds. The van der Waals surface area contributed by atoms with Crippen LogP contribution in [0.5, 0.6) is 0 Å². The molecule has 1 aromatic heterocycles. The van der Waals surface area contributed by atoms with E-state index in [0.717, 1.165) is 16.5 Å². The van der Waals surface area contributed by atoms with Crippen LogP contribution in [0.25, 0.3) is 10.9 Å². The largest absolute Gasteiger partial charge is 0.361 e. The molecule has 1 aliphatic rings. The third kappa shape index (κ3) is 4.62. The standard InChI is InChI=1S/C18H25N4O5P/c1-19-17(23)15(9-11-10-20-13-6-3-2-5-12(11)13)22-18(24)14-7-4-8-16(21-14)28(25,26)27/h2-3,5-6,10,14-16,20-21H,4,7-9H2,1H3,(H,19,23)(H,22,24)(H2,25,26,27)/t14-,15-,16+/m0/s1. The van der Waals surface area contributed by atoms with Gasteiger partial charge in [-0.3, -0.25) is 19.5 Å². The van der Waals surface area contributed by atoms with Gasteiger partial charge in [0.2, 0.25) is 11.8 Å². The van der Waals surface area contributed by atoms with Gasteiger partial charge in [-0.25, -0.2) is 0 Å². The summed E-state index contributed by atoms with van der Waals surface area (Å²) in [7, 11) is -2.83. The minimum atomic E-state index is -4.33. The molecule has 6 N–H and O–H groups in total. The molecule has 0 bridgehead atoms. The minimum absolute atomic E-state index is 0.296. The molecule has 0 radical (unpaired) electrons. The topological polar surface area (TPSA) is 144 Å². The maximum absolute atomic E-state index is 12.7. The highest BCUT2D eigenvalue weighted by molar-refractivity contribution is 7.52. The SMILES string of the molecule is CNC(=O)[C@H](Cc1c[nH]c2ccccc12)NC(=O)[C@@H]1CCC[C@@H](P(=O)(O)O)N1. The van der Waals surface area contributed by atoms with Crippen LogP contribution in [0.3, 0.4) is 0 Å². The average molecular weight is 408 g/mol. The molecule has 0 aliphatic carbocycles. The summed E-state index contributed by atoms with van der Waals surface area (Å²) in [5, 5.41) is 9.00. The molecule has 9 nitrogen and oxygen atoms in total. The second-order valence-corrected chi connectivity index (χ2v) is 8.80. The lowest BCUT2D eigenvalue weighted by Crippen LogP contribution is -2.56. The number of piperidine rings is 1. The molecule has 1 aliphatic heterocycles. The van der Waals surface area contributed by atoms with Crippen molar-refractivity contribution in [3.8, 4) is 0 Å². The number of likely N-dealkylation sites (N-methyl/N-ethyl adjacent to an activating group) is 1. The van der Waals surface area contributed by atoms with Crippen molar-refractivity contribution in [2.75, 3.05) is 7.05 Å². The van der Waals surface area contributed by atoms with E-state index in [1.165, 1.54) is 7.05 Å². The van der Waals surface area contributed by atoms with E-state index in [1.807, 2.05) is 30.5 Å². The van der Waals surface area contributed by atoms with Crippen molar-refractivity contribution in [2.45, 2.75) is 43.5 Å². The Morgan fingerprint density at radius 1 is 1.29 bits per heavy atom. The Hall–Kier alpha value is -2.19. The summed E-state index contributed by atoms with van der Waals surface area (Å²) in [6.45, 7) is 0. The van der Waals surface area contributed by atoms with E-state index >= 15 is 0 Å². The highest BCUT2D eigenvalue weighted by Crippen LogP contribution is 2.43. The lowest BCUT2D eigenvalue weighted by Gasteiger charge is -2.31. The Kier molecular flexibility index (Phi) is 6.20. The van der Waals surface area contributed by atoms with Gasteiger partial charge in [0.25, 0.3) is 0 Å². The highest BCUT2D eigenvalue weighted by atomic mass is 31.2. The predicted molar refractivity (Wildman–Crippen MR) is 105 cm³/mol. The number of para-hydroxylation sites is 1. The molecule has 2 heterocycles. The van der Waals surface area contributed by atoms with Gasteiger partial charge in [0.1, 0.15) is 11.8 Å². The Labute approximate surface area is 162 Å². The fraction of sp³-hybridized carbons (Fsp3) is 0.444. The molecule has 0 spiro atoms. The first kappa shape index (κ1) is 20.5. The van der Waals surface area contributed by atoms with Crippen molar-refractivity contribution in [3.63, 3.8) is 0 Å². The van der Waals surface area contributed by atoms with Gasteiger partial charge in [0, 0.05) is 30.6 Å². The summed E-state index contributed by atoms with van der Waals surface area (Å²) in [5.74, 6) is -1.81. The normalized spacial score (nSPS) is 21.2. The number of amides is 2. The Bertz CT molecular complexity index is 908. The zero-order valence-corrected chi connectivity index (χ0v) is 16.4. The first-order valence-electron chi connectivity index (χ1n) is 9.18. The summed E-state index contributed by atoms with van der Waals surface area (Å²) >= 11 is 0. The first-order valence-corrected chi connectivity index (χ1v) is 10.9. The zero-order valence-electron chi connectivity index (χ0n) is 15.5. The van der Waals surface area contributed by atoms with Gasteiger partial charge < -0.3 is 25.4 Å². The van der Waals surface area contributed by atoms with E-state index in [2.05, 4.69) is 20.9 Å². The number of fused-ring (bicyclic) bond motifs is 1. The Morgan fingerprint density at radius 3 is 2.75 bits per heavy atom. The summed E-state index contributed by atoms with van der Waals surface area (Å²) in [6.07, 6.45) is 3.39. The van der Waals surface area contributed by atoms with Crippen LogP contribution in [0, 0.1) is 0 Å². The number of hydrogen-bond donors (Lipinski definition) is 6. The zero-order chi connectivity index (χ0) is 20.3. The van der Waals surface area contributed by atoms with Gasteiger partial charge in [0.05, 0.1) is 6.04 Å². The van der Waals surface area contributed by atoms with Gasteiger partial charge in [-0.05, 0) is 30.9 Å². The second-order valence-electron chi connectivity index (χ2n) is 6.99. The average Bonchev–Trinajstić information content (AvgIpc) is 3.09. The highest BCUT2D eigenvalue weighted by Gasteiger charge is 2.37. The van der Waals surface area contributed by atoms with Crippen LogP contribution in [-0.4, -0.2) is 51.5 Å². The fourth-order valence-corrected chi connectivity index (χ4v) is 4.46. The number of rotatable bonds is 6. The van der Waals surface area contributed by atoms with Crippen LogP contribution in [-0.2, 0) is 20.6 Å². The third-order valence-corrected chi connectivity index (χ3v) is 6.28. The lowest BCUT2D eigenvalue weighted by molar-refractivity contribution is -0.130. The molecule has 10 heteroatoms. The van der Waals surface area contributed by atoms with Gasteiger partial charge in [-0.2, -0.15) is 0 Å². The van der Waals surface area contributed by atoms with Crippen molar-refractivity contribution in [3.05, 3.63) is 36.0 Å². The van der Waals surface area contributed by atoms with Crippen molar-refractivity contribution >= 4 is 30.3 Å². The maximum Gasteiger partial charge on any atom is 0.342 e. The van der Waals surface area contributed by atoms with Gasteiger partial charge in [-0.1, -0.05) is 18.2 Å². The van der Waals surface area contributed by atoms with Crippen molar-refractivity contribution in [2.24, 2.45) is 0 Å². The summed E-state index contributed by atoms with van der Waals surface area (Å²) in [6, 6.07) is 6.14. The van der Waals surface area contributed by atoms with E-state index in [-0.39, 0.29) is 5.91 Å². The minimum Gasteiger partial charge on any atom is -0.361 e. The number of carbonyl (C=O) groups is 2. The molecular formula is C18H25N4O5P. The summed E-state index contributed by atoms with van der Waals surface area (Å²) in [5.41, 5.74) is 1.84. The van der Waals surface area contributed by atoms with Gasteiger partial charge in [0.15, 0.2) is 0 Å². The lowest BCUT2D eigenvalue weighted by atomic mass is 10.0. The second kappa shape index (κ2) is 8.45. The molecule has 0 unspecified atom stereocenters.